The Morgan fingerprint density at radius 3 is 2.52 bits per heavy atom. The molecule has 3 nitrogen and oxygen atoms in total. The van der Waals surface area contributed by atoms with Gasteiger partial charge in [0.1, 0.15) is 6.10 Å². The van der Waals surface area contributed by atoms with Crippen LogP contribution in [0.3, 0.4) is 0 Å². The van der Waals surface area contributed by atoms with Crippen LogP contribution >= 0.6 is 0 Å². The molecule has 0 aromatic carbocycles. The third kappa shape index (κ3) is 4.02. The quantitative estimate of drug-likeness (QED) is 0.466. The number of ether oxygens (including phenoxy) is 1. The zero-order valence-corrected chi connectivity index (χ0v) is 22.3. The number of nitrogens with one attached hydrogen (secondary N) is 1. The minimum atomic E-state index is -0.0391. The fraction of sp³-hybridized carbons (Fsp3) is 0.933. The van der Waals surface area contributed by atoms with Crippen LogP contribution in [0.1, 0.15) is 106 Å². The van der Waals surface area contributed by atoms with Crippen molar-refractivity contribution in [1.82, 2.24) is 5.32 Å². The van der Waals surface area contributed by atoms with Gasteiger partial charge in [-0.15, -0.1) is 0 Å². The van der Waals surface area contributed by atoms with Crippen molar-refractivity contribution < 1.29 is 9.84 Å². The smallest absolute Gasteiger partial charge is 0.106 e. The Kier molecular flexibility index (Phi) is 6.47. The van der Waals surface area contributed by atoms with E-state index in [1.54, 1.807) is 5.57 Å². The van der Waals surface area contributed by atoms with Gasteiger partial charge in [0.15, 0.2) is 0 Å². The number of aliphatic hydroxyl groups is 1. The van der Waals surface area contributed by atoms with E-state index >= 15 is 0 Å². The lowest BCUT2D eigenvalue weighted by atomic mass is 9.44. The van der Waals surface area contributed by atoms with Crippen molar-refractivity contribution >= 4 is 0 Å². The van der Waals surface area contributed by atoms with E-state index in [1.807, 2.05) is 0 Å². The lowest BCUT2D eigenvalue weighted by molar-refractivity contribution is -0.124. The number of rotatable bonds is 6. The summed E-state index contributed by atoms with van der Waals surface area (Å²) in [5.74, 6) is 6.04. The van der Waals surface area contributed by atoms with Crippen LogP contribution in [0.4, 0.5) is 0 Å². The molecule has 2 N–H and O–H groups in total. The summed E-state index contributed by atoms with van der Waals surface area (Å²) >= 11 is 0. The summed E-state index contributed by atoms with van der Waals surface area (Å²) in [6.07, 6.45) is 12.9. The number of allylic oxidation sites excluding steroid dienone is 1. The van der Waals surface area contributed by atoms with E-state index < -0.39 is 0 Å². The SMILES string of the molecule is CC1=C(CC[C@H](C)CNC(C)C)O[C@H]2C[C@H]3[C@@H]4CC[C@H]5C[C@@H](O)CC[C@]5(C)[C@H]4CC[C@]3(C)C12. The highest BCUT2D eigenvalue weighted by Crippen LogP contribution is 2.69. The first-order valence-corrected chi connectivity index (χ1v) is 14.4. The number of hydrogen-bond donors (Lipinski definition) is 2. The molecule has 4 aliphatic carbocycles. The Hall–Kier alpha value is -0.540. The van der Waals surface area contributed by atoms with E-state index in [2.05, 4.69) is 46.9 Å². The average molecular weight is 458 g/mol. The molecule has 5 aliphatic rings. The van der Waals surface area contributed by atoms with Gasteiger partial charge >= 0.3 is 0 Å². The zero-order chi connectivity index (χ0) is 23.5. The predicted octanol–water partition coefficient (Wildman–Crippen LogP) is 6.70. The zero-order valence-electron chi connectivity index (χ0n) is 22.3. The van der Waals surface area contributed by atoms with E-state index in [9.17, 15) is 5.11 Å². The topological polar surface area (TPSA) is 41.5 Å². The summed E-state index contributed by atoms with van der Waals surface area (Å²) in [4.78, 5) is 0. The second-order valence-corrected chi connectivity index (χ2v) is 13.8. The first-order valence-electron chi connectivity index (χ1n) is 14.4. The molecule has 5 rings (SSSR count). The first kappa shape index (κ1) is 24.2. The molecular weight excluding hydrogens is 406 g/mol. The van der Waals surface area contributed by atoms with E-state index in [1.165, 1.54) is 50.7 Å². The van der Waals surface area contributed by atoms with E-state index in [-0.39, 0.29) is 6.10 Å². The Morgan fingerprint density at radius 2 is 1.76 bits per heavy atom. The second kappa shape index (κ2) is 8.84. The fourth-order valence-corrected chi connectivity index (χ4v) is 9.74. The van der Waals surface area contributed by atoms with Crippen LogP contribution in [0, 0.1) is 46.3 Å². The summed E-state index contributed by atoms with van der Waals surface area (Å²) < 4.78 is 6.78. The van der Waals surface area contributed by atoms with Gasteiger partial charge in [-0.2, -0.15) is 0 Å². The molecule has 188 valence electrons. The summed E-state index contributed by atoms with van der Waals surface area (Å²) in [5.41, 5.74) is 2.51. The van der Waals surface area contributed by atoms with E-state index in [4.69, 9.17) is 4.74 Å². The van der Waals surface area contributed by atoms with Crippen LogP contribution in [0.2, 0.25) is 0 Å². The molecule has 0 amide bonds. The lowest BCUT2D eigenvalue weighted by Gasteiger charge is -2.60. The minimum Gasteiger partial charge on any atom is -0.494 e. The third-order valence-corrected chi connectivity index (χ3v) is 11.6. The van der Waals surface area contributed by atoms with Crippen molar-refractivity contribution in [2.45, 2.75) is 124 Å². The molecule has 33 heavy (non-hydrogen) atoms. The number of hydrogen-bond acceptors (Lipinski definition) is 3. The number of fused-ring (bicyclic) bond motifs is 7. The summed E-state index contributed by atoms with van der Waals surface area (Å²) in [7, 11) is 0. The Balaban J connectivity index is 1.28. The molecule has 0 bridgehead atoms. The molecule has 4 saturated carbocycles. The van der Waals surface area contributed by atoms with Crippen molar-refractivity contribution in [3.05, 3.63) is 11.3 Å². The summed E-state index contributed by atoms with van der Waals surface area (Å²) in [6, 6.07) is 0.568. The van der Waals surface area contributed by atoms with E-state index in [0.29, 0.717) is 34.8 Å². The molecular formula is C30H51NO2. The maximum absolute atomic E-state index is 10.3. The predicted molar refractivity (Wildman–Crippen MR) is 136 cm³/mol. The van der Waals surface area contributed by atoms with Crippen molar-refractivity contribution in [3.63, 3.8) is 0 Å². The molecule has 1 aliphatic heterocycles. The molecule has 1 unspecified atom stereocenters. The average Bonchev–Trinajstić information content (AvgIpc) is 3.24. The lowest BCUT2D eigenvalue weighted by Crippen LogP contribution is -2.54. The summed E-state index contributed by atoms with van der Waals surface area (Å²) in [6.45, 7) is 15.6. The maximum atomic E-state index is 10.3. The first-order chi connectivity index (χ1) is 15.6. The molecule has 1 heterocycles. The minimum absolute atomic E-state index is 0.0391. The largest absolute Gasteiger partial charge is 0.494 e. The van der Waals surface area contributed by atoms with Gasteiger partial charge in [-0.1, -0.05) is 34.6 Å². The van der Waals surface area contributed by atoms with Gasteiger partial charge in [0.2, 0.25) is 0 Å². The third-order valence-electron chi connectivity index (χ3n) is 11.6. The van der Waals surface area contributed by atoms with Crippen LogP contribution in [-0.4, -0.2) is 29.9 Å². The molecule has 0 aromatic heterocycles. The van der Waals surface area contributed by atoms with Crippen molar-refractivity contribution in [2.24, 2.45) is 46.3 Å². The van der Waals surface area contributed by atoms with Gasteiger partial charge < -0.3 is 15.2 Å². The van der Waals surface area contributed by atoms with Gasteiger partial charge in [-0.05, 0) is 117 Å². The van der Waals surface area contributed by atoms with Gasteiger partial charge in [-0.3, -0.25) is 0 Å². The van der Waals surface area contributed by atoms with E-state index in [0.717, 1.165) is 49.5 Å². The molecule has 0 saturated heterocycles. The fourth-order valence-electron chi connectivity index (χ4n) is 9.74. The highest BCUT2D eigenvalue weighted by molar-refractivity contribution is 5.26. The molecule has 0 spiro atoms. The standard InChI is InChI=1S/C30H51NO2/c1-18(2)31-17-19(3)7-10-26-20(4)28-27(33-26)16-25-23-9-8-21-15-22(32)11-13-29(21,5)24(23)12-14-30(25,28)6/h18-19,21-25,27-28,31-32H,7-17H2,1-6H3/t19-,21-,22-,23+,24-,25-,27-,28?,29-,30-/m0/s1. The van der Waals surface area contributed by atoms with Gasteiger partial charge in [0.25, 0.3) is 0 Å². The Labute approximate surface area is 203 Å². The monoisotopic (exact) mass is 457 g/mol. The maximum Gasteiger partial charge on any atom is 0.106 e. The summed E-state index contributed by atoms with van der Waals surface area (Å²) in [5, 5.41) is 13.9. The number of aliphatic hydroxyl groups excluding tert-OH is 1. The molecule has 0 radical (unpaired) electrons. The molecule has 10 atom stereocenters. The van der Waals surface area contributed by atoms with Crippen molar-refractivity contribution in [3.8, 4) is 0 Å². The molecule has 0 aromatic rings. The van der Waals surface area contributed by atoms with Crippen LogP contribution < -0.4 is 5.32 Å². The highest BCUT2D eigenvalue weighted by Gasteiger charge is 2.64. The van der Waals surface area contributed by atoms with Crippen molar-refractivity contribution in [1.29, 1.82) is 0 Å². The Bertz CT molecular complexity index is 760. The molecule has 3 heteroatoms. The Morgan fingerprint density at radius 1 is 1.00 bits per heavy atom. The van der Waals surface area contributed by atoms with Crippen LogP contribution in [0.25, 0.3) is 0 Å². The van der Waals surface area contributed by atoms with Crippen LogP contribution in [0.5, 0.6) is 0 Å². The highest BCUT2D eigenvalue weighted by atomic mass is 16.5. The normalized spacial score (nSPS) is 47.6. The van der Waals surface area contributed by atoms with Crippen LogP contribution in [0.15, 0.2) is 11.3 Å². The van der Waals surface area contributed by atoms with Crippen molar-refractivity contribution in [2.75, 3.05) is 6.54 Å². The van der Waals surface area contributed by atoms with Crippen LogP contribution in [-0.2, 0) is 4.74 Å². The van der Waals surface area contributed by atoms with Gasteiger partial charge in [-0.25, -0.2) is 0 Å². The molecule has 4 fully saturated rings. The van der Waals surface area contributed by atoms with Gasteiger partial charge in [0.05, 0.1) is 11.9 Å². The van der Waals surface area contributed by atoms with Gasteiger partial charge in [0, 0.05) is 18.4 Å². The second-order valence-electron chi connectivity index (χ2n) is 13.8.